The number of carbonyl (C=O) groups is 2. The number of pyridine rings is 1. The zero-order valence-electron chi connectivity index (χ0n) is 17.0. The van der Waals surface area contributed by atoms with Gasteiger partial charge in [-0.05, 0) is 55.5 Å². The van der Waals surface area contributed by atoms with Crippen LogP contribution in [0.25, 0.3) is 11.0 Å². The first-order valence-corrected chi connectivity index (χ1v) is 10.5. The van der Waals surface area contributed by atoms with Crippen LogP contribution < -0.4 is 5.32 Å². The van der Waals surface area contributed by atoms with Gasteiger partial charge in [-0.2, -0.15) is 10.4 Å². The lowest BCUT2D eigenvalue weighted by Crippen LogP contribution is -2.54. The molecule has 8 heteroatoms. The van der Waals surface area contributed by atoms with E-state index < -0.39 is 11.5 Å². The topological polar surface area (TPSA) is 115 Å². The monoisotopic (exact) mass is 414 g/mol. The third kappa shape index (κ3) is 3.22. The number of nitrogens with one attached hydrogen (secondary N) is 2. The molecule has 0 spiro atoms. The Morgan fingerprint density at radius 3 is 2.68 bits per heavy atom. The summed E-state index contributed by atoms with van der Waals surface area (Å²) in [7, 11) is 0. The van der Waals surface area contributed by atoms with Crippen molar-refractivity contribution in [1.82, 2.24) is 20.1 Å². The number of hydrogen-bond donors (Lipinski definition) is 2. The van der Waals surface area contributed by atoms with E-state index in [0.29, 0.717) is 29.9 Å². The Bertz CT molecular complexity index is 1190. The summed E-state index contributed by atoms with van der Waals surface area (Å²) in [5.41, 5.74) is 2.38. The maximum atomic E-state index is 13.7. The number of fused-ring (bicyclic) bond motifs is 1. The van der Waals surface area contributed by atoms with Crippen LogP contribution in [0.2, 0.25) is 0 Å². The molecule has 5 rings (SSSR count). The van der Waals surface area contributed by atoms with Gasteiger partial charge in [0.15, 0.2) is 0 Å². The SMILES string of the molecule is N#Cc1ccc(C2(C(=O)N3CCC[C@@H]3C(=O)Nc3ccc4[nH]ncc4n3)CCC2)cc1. The summed E-state index contributed by atoms with van der Waals surface area (Å²) in [6.07, 6.45) is 5.54. The molecule has 1 saturated heterocycles. The molecular formula is C23H22N6O2. The summed E-state index contributed by atoms with van der Waals surface area (Å²) < 4.78 is 0. The molecule has 1 aromatic carbocycles. The molecule has 1 aliphatic carbocycles. The molecule has 2 aliphatic rings. The van der Waals surface area contributed by atoms with E-state index in [-0.39, 0.29) is 11.8 Å². The average Bonchev–Trinajstić information content (AvgIpc) is 3.42. The van der Waals surface area contributed by atoms with Gasteiger partial charge in [0, 0.05) is 6.54 Å². The molecule has 156 valence electrons. The lowest BCUT2D eigenvalue weighted by atomic mass is 9.63. The summed E-state index contributed by atoms with van der Waals surface area (Å²) >= 11 is 0. The Labute approximate surface area is 179 Å². The van der Waals surface area contributed by atoms with Crippen LogP contribution in [0.1, 0.15) is 43.2 Å². The van der Waals surface area contributed by atoms with Crippen molar-refractivity contribution in [3.63, 3.8) is 0 Å². The second-order valence-corrected chi connectivity index (χ2v) is 8.27. The second kappa shape index (κ2) is 7.51. The van der Waals surface area contributed by atoms with Gasteiger partial charge in [0.2, 0.25) is 11.8 Å². The fourth-order valence-electron chi connectivity index (χ4n) is 4.69. The van der Waals surface area contributed by atoms with Gasteiger partial charge in [0.25, 0.3) is 0 Å². The summed E-state index contributed by atoms with van der Waals surface area (Å²) in [6, 6.07) is 12.4. The molecule has 0 bridgehead atoms. The number of anilines is 1. The largest absolute Gasteiger partial charge is 0.330 e. The molecule has 2 aromatic heterocycles. The van der Waals surface area contributed by atoms with Crippen LogP contribution in [-0.2, 0) is 15.0 Å². The van der Waals surface area contributed by atoms with Crippen LogP contribution in [0.15, 0.2) is 42.6 Å². The van der Waals surface area contributed by atoms with E-state index in [1.807, 2.05) is 18.2 Å². The van der Waals surface area contributed by atoms with Crippen molar-refractivity contribution < 1.29 is 9.59 Å². The van der Waals surface area contributed by atoms with Crippen molar-refractivity contribution in [2.75, 3.05) is 11.9 Å². The minimum atomic E-state index is -0.592. The normalized spacial score (nSPS) is 19.6. The smallest absolute Gasteiger partial charge is 0.248 e. The summed E-state index contributed by atoms with van der Waals surface area (Å²) in [5.74, 6) is 0.249. The third-order valence-electron chi connectivity index (χ3n) is 6.55. The van der Waals surface area contributed by atoms with Gasteiger partial charge in [0.1, 0.15) is 17.4 Å². The summed E-state index contributed by atoms with van der Waals surface area (Å²) in [6.45, 7) is 0.573. The van der Waals surface area contributed by atoms with Crippen LogP contribution in [0.5, 0.6) is 0 Å². The first-order chi connectivity index (χ1) is 15.1. The molecule has 2 N–H and O–H groups in total. The van der Waals surface area contributed by atoms with Gasteiger partial charge in [-0.1, -0.05) is 18.6 Å². The van der Waals surface area contributed by atoms with Crippen LogP contribution in [0, 0.1) is 11.3 Å². The van der Waals surface area contributed by atoms with E-state index in [1.165, 1.54) is 0 Å². The number of H-pyrrole nitrogens is 1. The Kier molecular flexibility index (Phi) is 4.66. The minimum absolute atomic E-state index is 0.0133. The van der Waals surface area contributed by atoms with Gasteiger partial charge < -0.3 is 10.2 Å². The van der Waals surface area contributed by atoms with Crippen LogP contribution in [0.4, 0.5) is 5.82 Å². The molecule has 31 heavy (non-hydrogen) atoms. The second-order valence-electron chi connectivity index (χ2n) is 8.27. The van der Waals surface area contributed by atoms with Gasteiger partial charge in [0.05, 0.1) is 28.8 Å². The molecule has 3 aromatic rings. The van der Waals surface area contributed by atoms with Crippen molar-refractivity contribution in [2.24, 2.45) is 0 Å². The Balaban J connectivity index is 1.36. The predicted octanol–water partition coefficient (Wildman–Crippen LogP) is 2.88. The highest BCUT2D eigenvalue weighted by atomic mass is 16.2. The van der Waals surface area contributed by atoms with Crippen molar-refractivity contribution in [1.29, 1.82) is 5.26 Å². The lowest BCUT2D eigenvalue weighted by molar-refractivity contribution is -0.144. The van der Waals surface area contributed by atoms with E-state index in [2.05, 4.69) is 26.6 Å². The molecule has 2 amide bonds. The first-order valence-electron chi connectivity index (χ1n) is 10.5. The predicted molar refractivity (Wildman–Crippen MR) is 114 cm³/mol. The average molecular weight is 414 g/mol. The van der Waals surface area contributed by atoms with E-state index in [0.717, 1.165) is 36.8 Å². The van der Waals surface area contributed by atoms with Crippen molar-refractivity contribution in [3.05, 3.63) is 53.7 Å². The van der Waals surface area contributed by atoms with E-state index >= 15 is 0 Å². The summed E-state index contributed by atoms with van der Waals surface area (Å²) in [4.78, 5) is 32.9. The maximum Gasteiger partial charge on any atom is 0.248 e. The highest BCUT2D eigenvalue weighted by molar-refractivity contribution is 5.99. The fourth-order valence-corrected chi connectivity index (χ4v) is 4.69. The molecular weight excluding hydrogens is 392 g/mol. The lowest BCUT2D eigenvalue weighted by Gasteiger charge is -2.44. The number of aromatic nitrogens is 3. The van der Waals surface area contributed by atoms with Crippen molar-refractivity contribution >= 4 is 28.7 Å². The van der Waals surface area contributed by atoms with Gasteiger partial charge in [-0.3, -0.25) is 14.7 Å². The van der Waals surface area contributed by atoms with Gasteiger partial charge in [-0.15, -0.1) is 0 Å². The van der Waals surface area contributed by atoms with Crippen molar-refractivity contribution in [3.8, 4) is 6.07 Å². The minimum Gasteiger partial charge on any atom is -0.330 e. The number of rotatable bonds is 4. The number of hydrogen-bond acceptors (Lipinski definition) is 5. The third-order valence-corrected chi connectivity index (χ3v) is 6.55. The Morgan fingerprint density at radius 2 is 1.97 bits per heavy atom. The first kappa shape index (κ1) is 19.2. The molecule has 1 atom stereocenters. The molecule has 8 nitrogen and oxygen atoms in total. The highest BCUT2D eigenvalue weighted by Crippen LogP contribution is 2.46. The maximum absolute atomic E-state index is 13.7. The Morgan fingerprint density at radius 1 is 1.16 bits per heavy atom. The molecule has 1 aliphatic heterocycles. The van der Waals surface area contributed by atoms with Crippen LogP contribution >= 0.6 is 0 Å². The number of benzene rings is 1. The number of nitrogens with zero attached hydrogens (tertiary/aromatic N) is 4. The molecule has 3 heterocycles. The number of carbonyl (C=O) groups excluding carboxylic acids is 2. The van der Waals surface area contributed by atoms with E-state index in [1.54, 1.807) is 29.3 Å². The molecule has 2 fully saturated rings. The molecule has 1 saturated carbocycles. The molecule has 0 radical (unpaired) electrons. The van der Waals surface area contributed by atoms with E-state index in [9.17, 15) is 9.59 Å². The Hall–Kier alpha value is -3.73. The molecule has 0 unspecified atom stereocenters. The highest BCUT2D eigenvalue weighted by Gasteiger charge is 2.50. The quantitative estimate of drug-likeness (QED) is 0.681. The van der Waals surface area contributed by atoms with Crippen LogP contribution in [0.3, 0.4) is 0 Å². The summed E-state index contributed by atoms with van der Waals surface area (Å²) in [5, 5.41) is 18.7. The number of nitriles is 1. The zero-order chi connectivity index (χ0) is 21.4. The van der Waals surface area contributed by atoms with E-state index in [4.69, 9.17) is 5.26 Å². The number of amides is 2. The van der Waals surface area contributed by atoms with Crippen LogP contribution in [-0.4, -0.2) is 44.5 Å². The van der Waals surface area contributed by atoms with Gasteiger partial charge >= 0.3 is 0 Å². The van der Waals surface area contributed by atoms with Crippen molar-refractivity contribution in [2.45, 2.75) is 43.6 Å². The fraction of sp³-hybridized carbons (Fsp3) is 0.348. The number of likely N-dealkylation sites (tertiary alicyclic amines) is 1. The standard InChI is InChI=1S/C23H22N6O2/c24-13-15-4-6-16(7-5-15)23(10-2-11-23)22(31)29-12-1-3-19(29)21(30)27-20-9-8-17-18(26-20)14-25-28-17/h4-9,14,19H,1-3,10-12H2,(H,25,28)(H,26,27,30)/t19-/m1/s1. The number of aromatic amines is 1. The zero-order valence-corrected chi connectivity index (χ0v) is 17.0. The van der Waals surface area contributed by atoms with Gasteiger partial charge in [-0.25, -0.2) is 4.98 Å².